The van der Waals surface area contributed by atoms with Crippen molar-refractivity contribution in [2.75, 3.05) is 11.4 Å². The van der Waals surface area contributed by atoms with Crippen LogP contribution < -0.4 is 10.2 Å². The maximum atomic E-state index is 14.0. The monoisotopic (exact) mass is 430 g/mol. The molecular formula is C21H17F3N4O3. The Morgan fingerprint density at radius 1 is 1.16 bits per heavy atom. The molecule has 3 aromatic rings. The molecule has 2 atom stereocenters. The van der Waals surface area contributed by atoms with Crippen molar-refractivity contribution in [1.29, 1.82) is 0 Å². The van der Waals surface area contributed by atoms with E-state index in [0.717, 1.165) is 11.0 Å². The van der Waals surface area contributed by atoms with E-state index in [9.17, 15) is 22.8 Å². The lowest BCUT2D eigenvalue weighted by atomic mass is 10.1. The van der Waals surface area contributed by atoms with Crippen molar-refractivity contribution in [3.05, 3.63) is 65.8 Å². The van der Waals surface area contributed by atoms with Crippen molar-refractivity contribution in [2.45, 2.75) is 19.4 Å². The minimum Gasteiger partial charge on any atom is -0.344 e. The Balaban J connectivity index is 1.41. The van der Waals surface area contributed by atoms with Crippen LogP contribution in [0.1, 0.15) is 25.3 Å². The van der Waals surface area contributed by atoms with Gasteiger partial charge in [-0.05, 0) is 43.3 Å². The molecule has 2 amide bonds. The second-order valence-corrected chi connectivity index (χ2v) is 7.19. The highest BCUT2D eigenvalue weighted by Gasteiger charge is 2.37. The fourth-order valence-electron chi connectivity index (χ4n) is 3.34. The maximum absolute atomic E-state index is 14.0. The van der Waals surface area contributed by atoms with Gasteiger partial charge in [0, 0.05) is 24.6 Å². The zero-order valence-corrected chi connectivity index (χ0v) is 16.3. The number of anilines is 1. The SMILES string of the molecule is CC(NC(=O)C1CC(=O)N(c2ccc(F)cc2F)C1)c1nc(-c2ccc(F)cc2)no1. The summed E-state index contributed by atoms with van der Waals surface area (Å²) in [4.78, 5) is 30.3. The number of rotatable bonds is 5. The number of benzene rings is 2. The van der Waals surface area contributed by atoms with E-state index in [1.165, 1.54) is 30.3 Å². The Labute approximate surface area is 174 Å². The van der Waals surface area contributed by atoms with Gasteiger partial charge in [-0.3, -0.25) is 9.59 Å². The van der Waals surface area contributed by atoms with Gasteiger partial charge in [-0.15, -0.1) is 0 Å². The number of halogens is 3. The smallest absolute Gasteiger partial charge is 0.249 e. The molecule has 0 spiro atoms. The molecule has 160 valence electrons. The number of nitrogens with zero attached hydrogens (tertiary/aromatic N) is 3. The molecule has 1 N–H and O–H groups in total. The van der Waals surface area contributed by atoms with Crippen molar-refractivity contribution >= 4 is 17.5 Å². The van der Waals surface area contributed by atoms with Crippen LogP contribution in [-0.2, 0) is 9.59 Å². The molecule has 1 saturated heterocycles. The van der Waals surface area contributed by atoms with Crippen LogP contribution in [0.3, 0.4) is 0 Å². The number of hydrogen-bond acceptors (Lipinski definition) is 5. The third kappa shape index (κ3) is 4.27. The highest BCUT2D eigenvalue weighted by atomic mass is 19.1. The Bertz CT molecular complexity index is 1130. The average molecular weight is 430 g/mol. The number of hydrogen-bond donors (Lipinski definition) is 1. The minimum atomic E-state index is -0.873. The Kier molecular flexibility index (Phi) is 5.45. The second kappa shape index (κ2) is 8.21. The van der Waals surface area contributed by atoms with E-state index in [2.05, 4.69) is 15.5 Å². The summed E-state index contributed by atoms with van der Waals surface area (Å²) >= 11 is 0. The molecule has 1 aliphatic heterocycles. The van der Waals surface area contributed by atoms with Gasteiger partial charge in [0.2, 0.25) is 23.5 Å². The topological polar surface area (TPSA) is 88.3 Å². The van der Waals surface area contributed by atoms with E-state index < -0.39 is 41.2 Å². The molecule has 1 aliphatic rings. The third-order valence-corrected chi connectivity index (χ3v) is 4.97. The first-order valence-corrected chi connectivity index (χ1v) is 9.47. The normalized spacial score (nSPS) is 17.1. The standard InChI is InChI=1S/C21H17F3N4O3/c1-11(21-26-19(27-31-21)12-2-4-14(22)5-3-12)25-20(30)13-8-18(29)28(10-13)17-7-6-15(23)9-16(17)24/h2-7,9,11,13H,8,10H2,1H3,(H,25,30). The maximum Gasteiger partial charge on any atom is 0.249 e. The summed E-state index contributed by atoms with van der Waals surface area (Å²) in [6.07, 6.45) is -0.111. The van der Waals surface area contributed by atoms with Crippen molar-refractivity contribution in [2.24, 2.45) is 5.92 Å². The van der Waals surface area contributed by atoms with E-state index in [0.29, 0.717) is 11.6 Å². The zero-order chi connectivity index (χ0) is 22.1. The van der Waals surface area contributed by atoms with E-state index >= 15 is 0 Å². The molecule has 2 unspecified atom stereocenters. The molecular weight excluding hydrogens is 413 g/mol. The van der Waals surface area contributed by atoms with Gasteiger partial charge in [-0.25, -0.2) is 13.2 Å². The molecule has 0 saturated carbocycles. The molecule has 0 aliphatic carbocycles. The van der Waals surface area contributed by atoms with Crippen LogP contribution >= 0.6 is 0 Å². The summed E-state index contributed by atoms with van der Waals surface area (Å²) in [5, 5.41) is 6.53. The van der Waals surface area contributed by atoms with Gasteiger partial charge in [0.1, 0.15) is 23.5 Å². The van der Waals surface area contributed by atoms with E-state index in [1.807, 2.05) is 0 Å². The van der Waals surface area contributed by atoms with Crippen LogP contribution in [0.2, 0.25) is 0 Å². The first-order valence-electron chi connectivity index (χ1n) is 9.47. The molecule has 1 fully saturated rings. The summed E-state index contributed by atoms with van der Waals surface area (Å²) in [6.45, 7) is 1.60. The largest absolute Gasteiger partial charge is 0.344 e. The van der Waals surface area contributed by atoms with Crippen molar-refractivity contribution in [3.8, 4) is 11.4 Å². The molecule has 0 radical (unpaired) electrons. The van der Waals surface area contributed by atoms with Gasteiger partial charge in [0.15, 0.2) is 0 Å². The van der Waals surface area contributed by atoms with Crippen LogP contribution in [0.25, 0.3) is 11.4 Å². The second-order valence-electron chi connectivity index (χ2n) is 7.19. The molecule has 10 heteroatoms. The summed E-state index contributed by atoms with van der Waals surface area (Å²) in [6, 6.07) is 7.79. The molecule has 2 aromatic carbocycles. The lowest BCUT2D eigenvalue weighted by molar-refractivity contribution is -0.127. The number of nitrogens with one attached hydrogen (secondary N) is 1. The van der Waals surface area contributed by atoms with Crippen molar-refractivity contribution in [3.63, 3.8) is 0 Å². The zero-order valence-electron chi connectivity index (χ0n) is 16.3. The predicted molar refractivity (Wildman–Crippen MR) is 103 cm³/mol. The number of carbonyl (C=O) groups is 2. The first kappa shape index (κ1) is 20.6. The number of amides is 2. The fraction of sp³-hybridized carbons (Fsp3) is 0.238. The predicted octanol–water partition coefficient (Wildman–Crippen LogP) is 3.38. The Morgan fingerprint density at radius 3 is 2.58 bits per heavy atom. The van der Waals surface area contributed by atoms with E-state index in [1.54, 1.807) is 6.92 Å². The number of carbonyl (C=O) groups excluding carboxylic acids is 2. The van der Waals surface area contributed by atoms with E-state index in [-0.39, 0.29) is 30.4 Å². The van der Waals surface area contributed by atoms with Crippen LogP contribution in [0.15, 0.2) is 47.0 Å². The van der Waals surface area contributed by atoms with Gasteiger partial charge in [0.05, 0.1) is 11.6 Å². The van der Waals surface area contributed by atoms with Gasteiger partial charge < -0.3 is 14.7 Å². The average Bonchev–Trinajstić information content (AvgIpc) is 3.36. The van der Waals surface area contributed by atoms with Crippen LogP contribution in [0, 0.1) is 23.4 Å². The van der Waals surface area contributed by atoms with Crippen LogP contribution in [0.5, 0.6) is 0 Å². The van der Waals surface area contributed by atoms with Crippen molar-refractivity contribution < 1.29 is 27.3 Å². The lowest BCUT2D eigenvalue weighted by Gasteiger charge is -2.18. The van der Waals surface area contributed by atoms with Crippen LogP contribution in [-0.4, -0.2) is 28.5 Å². The summed E-state index contributed by atoms with van der Waals surface area (Å²) in [5.74, 6) is -3.24. The minimum absolute atomic E-state index is 0.0371. The molecule has 1 aromatic heterocycles. The van der Waals surface area contributed by atoms with Gasteiger partial charge >= 0.3 is 0 Å². The lowest BCUT2D eigenvalue weighted by Crippen LogP contribution is -2.34. The van der Waals surface area contributed by atoms with Crippen LogP contribution in [0.4, 0.5) is 18.9 Å². The van der Waals surface area contributed by atoms with E-state index in [4.69, 9.17) is 4.52 Å². The Morgan fingerprint density at radius 2 is 1.87 bits per heavy atom. The highest BCUT2D eigenvalue weighted by Crippen LogP contribution is 2.28. The van der Waals surface area contributed by atoms with Crippen molar-refractivity contribution in [1.82, 2.24) is 15.5 Å². The van der Waals surface area contributed by atoms with Gasteiger partial charge in [-0.1, -0.05) is 5.16 Å². The summed E-state index contributed by atoms with van der Waals surface area (Å²) in [5.41, 5.74) is 0.476. The fourth-order valence-corrected chi connectivity index (χ4v) is 3.34. The summed E-state index contributed by atoms with van der Waals surface area (Å²) < 4.78 is 45.4. The molecule has 2 heterocycles. The Hall–Kier alpha value is -3.69. The van der Waals surface area contributed by atoms with Gasteiger partial charge in [0.25, 0.3) is 0 Å². The molecule has 7 nitrogen and oxygen atoms in total. The quantitative estimate of drug-likeness (QED) is 0.671. The highest BCUT2D eigenvalue weighted by molar-refractivity contribution is 6.00. The molecule has 31 heavy (non-hydrogen) atoms. The first-order chi connectivity index (χ1) is 14.8. The molecule has 0 bridgehead atoms. The van der Waals surface area contributed by atoms with Gasteiger partial charge in [-0.2, -0.15) is 4.98 Å². The summed E-state index contributed by atoms with van der Waals surface area (Å²) in [7, 11) is 0. The molecule has 4 rings (SSSR count). The third-order valence-electron chi connectivity index (χ3n) is 4.97. The number of aromatic nitrogens is 2.